The zero-order chi connectivity index (χ0) is 17.0. The summed E-state index contributed by atoms with van der Waals surface area (Å²) in [5.74, 6) is -2.17. The molecule has 2 N–H and O–H groups in total. The Hall–Kier alpha value is -1.89. The lowest BCUT2D eigenvalue weighted by atomic mass is 10.1. The molecule has 2 rings (SSSR count). The third-order valence-electron chi connectivity index (χ3n) is 3.85. The number of rotatable bonds is 6. The number of carboxylic acid groups (broad SMARTS) is 1. The highest BCUT2D eigenvalue weighted by Crippen LogP contribution is 2.31. The molecule has 124 valence electrons. The Morgan fingerprint density at radius 3 is 2.78 bits per heavy atom. The molecule has 2 atom stereocenters. The number of carbonyl (C=O) groups excluding carboxylic acids is 2. The summed E-state index contributed by atoms with van der Waals surface area (Å²) < 4.78 is 0.809. The second kappa shape index (κ2) is 7.59. The Balaban J connectivity index is 1.97. The molecule has 0 spiro atoms. The molecule has 1 aromatic rings. The molecule has 0 radical (unpaired) electrons. The third-order valence-corrected chi connectivity index (χ3v) is 4.52. The number of anilines is 1. The van der Waals surface area contributed by atoms with Gasteiger partial charge in [0.2, 0.25) is 11.8 Å². The Bertz CT molecular complexity index is 620. The third kappa shape index (κ3) is 4.31. The van der Waals surface area contributed by atoms with Gasteiger partial charge >= 0.3 is 5.97 Å². The number of hydrogen-bond acceptors (Lipinski definition) is 3. The summed E-state index contributed by atoms with van der Waals surface area (Å²) in [6.07, 6.45) is 0.788. The summed E-state index contributed by atoms with van der Waals surface area (Å²) in [6, 6.07) is 7.11. The van der Waals surface area contributed by atoms with Gasteiger partial charge in [-0.05, 0) is 47.8 Å². The number of para-hydroxylation sites is 1. The van der Waals surface area contributed by atoms with Crippen molar-refractivity contribution in [1.29, 1.82) is 0 Å². The van der Waals surface area contributed by atoms with Crippen molar-refractivity contribution in [3.8, 4) is 0 Å². The first-order valence-electron chi connectivity index (χ1n) is 7.48. The van der Waals surface area contributed by atoms with Gasteiger partial charge in [0, 0.05) is 23.5 Å². The lowest BCUT2D eigenvalue weighted by Crippen LogP contribution is -2.41. The number of carboxylic acids is 1. The molecule has 2 unspecified atom stereocenters. The summed E-state index contributed by atoms with van der Waals surface area (Å²) in [7, 11) is 0. The van der Waals surface area contributed by atoms with Crippen LogP contribution in [0.4, 0.5) is 5.69 Å². The van der Waals surface area contributed by atoms with Gasteiger partial charge in [0.25, 0.3) is 0 Å². The summed E-state index contributed by atoms with van der Waals surface area (Å²) >= 11 is 3.42. The minimum Gasteiger partial charge on any atom is -0.481 e. The van der Waals surface area contributed by atoms with E-state index >= 15 is 0 Å². The number of aliphatic carboxylic acids is 1. The molecule has 23 heavy (non-hydrogen) atoms. The van der Waals surface area contributed by atoms with E-state index in [0.29, 0.717) is 19.4 Å². The second-order valence-electron chi connectivity index (χ2n) is 5.62. The number of carbonyl (C=O) groups is 3. The van der Waals surface area contributed by atoms with Crippen LogP contribution >= 0.6 is 15.9 Å². The summed E-state index contributed by atoms with van der Waals surface area (Å²) in [5, 5.41) is 11.4. The number of benzene rings is 1. The molecule has 0 saturated carbocycles. The van der Waals surface area contributed by atoms with Gasteiger partial charge in [0.1, 0.15) is 5.92 Å². The van der Waals surface area contributed by atoms with Crippen LogP contribution in [-0.4, -0.2) is 35.5 Å². The molecule has 0 bridgehead atoms. The second-order valence-corrected chi connectivity index (χ2v) is 6.48. The Labute approximate surface area is 143 Å². The fourth-order valence-electron chi connectivity index (χ4n) is 2.59. The number of hydrogen-bond donors (Lipinski definition) is 2. The van der Waals surface area contributed by atoms with Crippen LogP contribution in [0.2, 0.25) is 0 Å². The maximum Gasteiger partial charge on any atom is 0.303 e. The first-order valence-corrected chi connectivity index (χ1v) is 8.27. The molecule has 7 heteroatoms. The molecule has 2 amide bonds. The van der Waals surface area contributed by atoms with Crippen molar-refractivity contribution in [2.75, 3.05) is 11.4 Å². The van der Waals surface area contributed by atoms with Crippen LogP contribution in [0.15, 0.2) is 28.7 Å². The van der Waals surface area contributed by atoms with Gasteiger partial charge < -0.3 is 15.3 Å². The van der Waals surface area contributed by atoms with Crippen molar-refractivity contribution in [3.05, 3.63) is 28.7 Å². The highest BCUT2D eigenvalue weighted by Gasteiger charge is 2.38. The van der Waals surface area contributed by atoms with E-state index in [-0.39, 0.29) is 24.3 Å². The molecule has 1 heterocycles. The molecule has 1 aliphatic rings. The molecule has 0 aromatic heterocycles. The van der Waals surface area contributed by atoms with E-state index < -0.39 is 11.9 Å². The van der Waals surface area contributed by atoms with Crippen molar-refractivity contribution in [1.82, 2.24) is 5.32 Å². The van der Waals surface area contributed by atoms with Gasteiger partial charge in [-0.15, -0.1) is 0 Å². The lowest BCUT2D eigenvalue weighted by Gasteiger charge is -2.19. The van der Waals surface area contributed by atoms with E-state index in [1.165, 1.54) is 0 Å². The van der Waals surface area contributed by atoms with Gasteiger partial charge in [-0.2, -0.15) is 0 Å². The van der Waals surface area contributed by atoms with Gasteiger partial charge in [-0.1, -0.05) is 12.1 Å². The van der Waals surface area contributed by atoms with E-state index in [1.54, 1.807) is 11.8 Å². The maximum absolute atomic E-state index is 12.5. The fourth-order valence-corrected chi connectivity index (χ4v) is 3.09. The van der Waals surface area contributed by atoms with E-state index in [2.05, 4.69) is 21.2 Å². The number of nitrogens with one attached hydrogen (secondary N) is 1. The predicted octanol–water partition coefficient (Wildman–Crippen LogP) is 2.17. The molecule has 6 nitrogen and oxygen atoms in total. The quantitative estimate of drug-likeness (QED) is 0.738. The average molecular weight is 383 g/mol. The maximum atomic E-state index is 12.5. The molecule has 1 aromatic carbocycles. The van der Waals surface area contributed by atoms with Crippen LogP contribution in [0.25, 0.3) is 0 Å². The van der Waals surface area contributed by atoms with E-state index in [9.17, 15) is 14.4 Å². The van der Waals surface area contributed by atoms with Crippen molar-refractivity contribution >= 4 is 39.4 Å². The van der Waals surface area contributed by atoms with Crippen LogP contribution < -0.4 is 10.2 Å². The van der Waals surface area contributed by atoms with Gasteiger partial charge in [-0.25, -0.2) is 0 Å². The first kappa shape index (κ1) is 17.5. The Kier molecular flexibility index (Phi) is 5.76. The first-order chi connectivity index (χ1) is 10.9. The zero-order valence-electron chi connectivity index (χ0n) is 12.8. The molecule has 1 aliphatic heterocycles. The van der Waals surface area contributed by atoms with E-state index in [1.807, 2.05) is 24.3 Å². The normalized spacial score (nSPS) is 18.8. The topological polar surface area (TPSA) is 86.7 Å². The van der Waals surface area contributed by atoms with Crippen molar-refractivity contribution in [2.45, 2.75) is 32.2 Å². The Morgan fingerprint density at radius 2 is 2.13 bits per heavy atom. The number of nitrogens with zero attached hydrogens (tertiary/aromatic N) is 1. The van der Waals surface area contributed by atoms with Crippen LogP contribution in [0, 0.1) is 5.92 Å². The minimum atomic E-state index is -0.900. The minimum absolute atomic E-state index is 0.0108. The molecule has 1 fully saturated rings. The lowest BCUT2D eigenvalue weighted by molar-refractivity contribution is -0.138. The van der Waals surface area contributed by atoms with Crippen LogP contribution in [-0.2, 0) is 14.4 Å². The molecular formula is C16H19BrN2O4. The summed E-state index contributed by atoms with van der Waals surface area (Å²) in [6.45, 7) is 2.23. The number of amides is 2. The Morgan fingerprint density at radius 1 is 1.43 bits per heavy atom. The molecular weight excluding hydrogens is 364 g/mol. The fraction of sp³-hybridized carbons (Fsp3) is 0.438. The molecule has 0 aliphatic carbocycles. The smallest absolute Gasteiger partial charge is 0.303 e. The van der Waals surface area contributed by atoms with Gasteiger partial charge in [0.15, 0.2) is 0 Å². The number of halogens is 1. The van der Waals surface area contributed by atoms with Crippen LogP contribution in [0.5, 0.6) is 0 Å². The van der Waals surface area contributed by atoms with Gasteiger partial charge in [0.05, 0.1) is 5.69 Å². The largest absolute Gasteiger partial charge is 0.481 e. The average Bonchev–Trinajstić information content (AvgIpc) is 2.87. The summed E-state index contributed by atoms with van der Waals surface area (Å²) in [5.41, 5.74) is 0.756. The SMILES string of the molecule is CC(CCC(=O)O)NC(=O)C1CCN(c2ccccc2Br)C1=O. The van der Waals surface area contributed by atoms with Crippen LogP contribution in [0.3, 0.4) is 0 Å². The van der Waals surface area contributed by atoms with E-state index in [4.69, 9.17) is 5.11 Å². The predicted molar refractivity (Wildman–Crippen MR) is 89.1 cm³/mol. The van der Waals surface area contributed by atoms with Crippen LogP contribution in [0.1, 0.15) is 26.2 Å². The molecule has 1 saturated heterocycles. The van der Waals surface area contributed by atoms with Gasteiger partial charge in [-0.3, -0.25) is 14.4 Å². The monoisotopic (exact) mass is 382 g/mol. The highest BCUT2D eigenvalue weighted by molar-refractivity contribution is 9.10. The van der Waals surface area contributed by atoms with Crippen molar-refractivity contribution in [2.24, 2.45) is 5.92 Å². The van der Waals surface area contributed by atoms with Crippen molar-refractivity contribution < 1.29 is 19.5 Å². The zero-order valence-corrected chi connectivity index (χ0v) is 14.4. The highest BCUT2D eigenvalue weighted by atomic mass is 79.9. The standard InChI is InChI=1S/C16H19BrN2O4/c1-10(6-7-14(20)21)18-15(22)11-8-9-19(16(11)23)13-5-3-2-4-12(13)17/h2-5,10-11H,6-9H2,1H3,(H,18,22)(H,20,21). The summed E-state index contributed by atoms with van der Waals surface area (Å²) in [4.78, 5) is 36.9. The van der Waals surface area contributed by atoms with Crippen molar-refractivity contribution in [3.63, 3.8) is 0 Å². The van der Waals surface area contributed by atoms with E-state index in [0.717, 1.165) is 10.2 Å².